The molecule has 0 unspecified atom stereocenters. The van der Waals surface area contributed by atoms with Gasteiger partial charge in [0.25, 0.3) is 0 Å². The molecule has 6 nitrogen and oxygen atoms in total. The minimum Gasteiger partial charge on any atom is -0.280 e. The summed E-state index contributed by atoms with van der Waals surface area (Å²) in [6.07, 6.45) is 1.01. The zero-order valence-electron chi connectivity index (χ0n) is 8.43. The van der Waals surface area contributed by atoms with E-state index in [0.717, 1.165) is 4.68 Å². The Balaban J connectivity index is 3.01. The summed E-state index contributed by atoms with van der Waals surface area (Å²) in [6, 6.07) is 0. The van der Waals surface area contributed by atoms with Gasteiger partial charge in [-0.05, 0) is 6.42 Å². The molecule has 0 aliphatic heterocycles. The molecule has 1 N–H and O–H groups in total. The van der Waals surface area contributed by atoms with E-state index in [0.29, 0.717) is 19.3 Å². The van der Waals surface area contributed by atoms with Gasteiger partial charge in [-0.2, -0.15) is 0 Å². The Bertz CT molecular complexity index is 476. The smallest absolute Gasteiger partial charge is 0.280 e. The highest BCUT2D eigenvalue weighted by Gasteiger charge is 2.17. The lowest BCUT2D eigenvalue weighted by atomic mass is 10.0. The molecule has 15 heavy (non-hydrogen) atoms. The van der Waals surface area contributed by atoms with Gasteiger partial charge in [0.1, 0.15) is 0 Å². The van der Waals surface area contributed by atoms with Gasteiger partial charge in [-0.15, -0.1) is 5.10 Å². The van der Waals surface area contributed by atoms with Crippen LogP contribution in [0.25, 0.3) is 0 Å². The molecule has 0 aromatic carbocycles. The lowest BCUT2D eigenvalue weighted by Crippen LogP contribution is -2.17. The molecule has 0 fully saturated rings. The fourth-order valence-corrected chi connectivity index (χ4v) is 1.74. The molecule has 1 heterocycles. The number of aromatic nitrogens is 3. The van der Waals surface area contributed by atoms with E-state index in [9.17, 15) is 13.2 Å². The van der Waals surface area contributed by atoms with Crippen molar-refractivity contribution >= 4 is 17.7 Å². The third-order valence-electron chi connectivity index (χ3n) is 1.91. The maximum absolute atomic E-state index is 11.4. The minimum atomic E-state index is -3.44. The van der Waals surface area contributed by atoms with Crippen molar-refractivity contribution in [3.63, 3.8) is 0 Å². The van der Waals surface area contributed by atoms with Gasteiger partial charge in [0, 0.05) is 6.54 Å². The predicted molar refractivity (Wildman–Crippen MR) is 55.8 cm³/mol. The van der Waals surface area contributed by atoms with E-state index in [1.165, 1.54) is 6.92 Å². The van der Waals surface area contributed by atoms with Crippen LogP contribution in [0.15, 0.2) is 9.95 Å². The van der Waals surface area contributed by atoms with E-state index in [1.54, 1.807) is 0 Å². The van der Waals surface area contributed by atoms with Gasteiger partial charge in [-0.3, -0.25) is 4.98 Å². The number of H-pyrrole nitrogens is 1. The topological polar surface area (TPSA) is 84.8 Å². The van der Waals surface area contributed by atoms with E-state index < -0.39 is 15.5 Å². The Morgan fingerprint density at radius 1 is 1.53 bits per heavy atom. The van der Waals surface area contributed by atoms with Crippen molar-refractivity contribution in [2.24, 2.45) is 0 Å². The first-order valence-corrected chi connectivity index (χ1v) is 6.26. The van der Waals surface area contributed by atoms with Crippen molar-refractivity contribution in [2.45, 2.75) is 31.4 Å². The summed E-state index contributed by atoms with van der Waals surface area (Å²) in [7, 11) is 1.83. The van der Waals surface area contributed by atoms with E-state index in [4.69, 9.17) is 7.85 Å². The summed E-state index contributed by atoms with van der Waals surface area (Å²) in [5.74, 6) is -0.0865. The maximum atomic E-state index is 11.4. The summed E-state index contributed by atoms with van der Waals surface area (Å²) < 4.78 is 23.8. The van der Waals surface area contributed by atoms with Crippen LogP contribution in [0.3, 0.4) is 0 Å². The Morgan fingerprint density at radius 3 is 2.73 bits per heavy atom. The molecule has 1 rings (SSSR count). The summed E-state index contributed by atoms with van der Waals surface area (Å²) in [5, 5.41) is 3.42. The van der Waals surface area contributed by atoms with E-state index in [-0.39, 0.29) is 10.9 Å². The number of rotatable bonds is 5. The van der Waals surface area contributed by atoms with E-state index in [2.05, 4.69) is 10.1 Å². The van der Waals surface area contributed by atoms with Crippen LogP contribution in [-0.2, 0) is 16.4 Å². The second-order valence-corrected chi connectivity index (χ2v) is 5.20. The van der Waals surface area contributed by atoms with Gasteiger partial charge in [0.2, 0.25) is 15.0 Å². The average Bonchev–Trinajstić information content (AvgIpc) is 2.57. The van der Waals surface area contributed by atoms with Crippen molar-refractivity contribution < 1.29 is 8.42 Å². The van der Waals surface area contributed by atoms with E-state index >= 15 is 0 Å². The molecular formula is C7H12BN3O3S. The molecule has 1 aromatic heterocycles. The van der Waals surface area contributed by atoms with Crippen molar-refractivity contribution in [1.82, 2.24) is 14.8 Å². The van der Waals surface area contributed by atoms with Crippen LogP contribution in [0.4, 0.5) is 0 Å². The van der Waals surface area contributed by atoms with Gasteiger partial charge in [-0.25, -0.2) is 17.9 Å². The number of nitrogens with zero attached hydrogens (tertiary/aromatic N) is 2. The van der Waals surface area contributed by atoms with Crippen LogP contribution < -0.4 is 5.69 Å². The van der Waals surface area contributed by atoms with Gasteiger partial charge >= 0.3 is 5.69 Å². The second kappa shape index (κ2) is 4.65. The molecule has 1 aromatic rings. The summed E-state index contributed by atoms with van der Waals surface area (Å²) in [4.78, 5) is 13.5. The van der Waals surface area contributed by atoms with Crippen LogP contribution >= 0.6 is 0 Å². The summed E-state index contributed by atoms with van der Waals surface area (Å²) in [5.41, 5.74) is -0.518. The first-order valence-electron chi connectivity index (χ1n) is 4.61. The molecule has 0 spiro atoms. The number of hydrogen-bond donors (Lipinski definition) is 1. The Morgan fingerprint density at radius 2 is 2.20 bits per heavy atom. The molecule has 8 heteroatoms. The molecule has 0 amide bonds. The van der Waals surface area contributed by atoms with Crippen molar-refractivity contribution in [3.05, 3.63) is 10.5 Å². The van der Waals surface area contributed by atoms with Gasteiger partial charge in [0.15, 0.2) is 0 Å². The zero-order chi connectivity index (χ0) is 11.5. The molecule has 0 saturated carbocycles. The van der Waals surface area contributed by atoms with Gasteiger partial charge in [0.05, 0.1) is 13.6 Å². The maximum Gasteiger partial charge on any atom is 0.344 e. The number of nitrogens with one attached hydrogen (secondary N) is 1. The first-order chi connectivity index (χ1) is 7.01. The zero-order valence-corrected chi connectivity index (χ0v) is 9.25. The SMILES string of the molecule is [B]CCCn1nc(S(=O)(=O)CC)[nH]c1=O. The highest BCUT2D eigenvalue weighted by Crippen LogP contribution is 2.01. The average molecular weight is 229 g/mol. The highest BCUT2D eigenvalue weighted by molar-refractivity contribution is 7.91. The summed E-state index contributed by atoms with van der Waals surface area (Å²) >= 11 is 0. The fourth-order valence-electron chi connectivity index (χ4n) is 1.01. The predicted octanol–water partition coefficient (Wildman–Crippen LogP) is -0.658. The van der Waals surface area contributed by atoms with Gasteiger partial charge in [-0.1, -0.05) is 13.2 Å². The van der Waals surface area contributed by atoms with Crippen LogP contribution in [0.1, 0.15) is 13.3 Å². The first kappa shape index (κ1) is 12.0. The lowest BCUT2D eigenvalue weighted by Gasteiger charge is -1.96. The second-order valence-electron chi connectivity index (χ2n) is 3.00. The molecule has 0 aliphatic carbocycles. The quantitative estimate of drug-likeness (QED) is 0.679. The minimum absolute atomic E-state index is 0.0865. The molecule has 0 saturated heterocycles. The number of aromatic amines is 1. The molecule has 2 radical (unpaired) electrons. The third kappa shape index (κ3) is 2.71. The number of hydrogen-bond acceptors (Lipinski definition) is 4. The molecule has 0 atom stereocenters. The Hall–Kier alpha value is -1.05. The van der Waals surface area contributed by atoms with Crippen molar-refractivity contribution in [3.8, 4) is 0 Å². The van der Waals surface area contributed by atoms with Crippen LogP contribution in [0, 0.1) is 0 Å². The standard InChI is InChI=1S/C7H12BN3O3S/c1-2-15(13,14)6-9-7(12)11(10-6)5-3-4-8/h2-5H2,1H3,(H,9,10,12). The monoisotopic (exact) mass is 229 g/mol. The molecular weight excluding hydrogens is 217 g/mol. The Kier molecular flexibility index (Phi) is 3.73. The third-order valence-corrected chi connectivity index (χ3v) is 3.44. The summed E-state index contributed by atoms with van der Waals surface area (Å²) in [6.45, 7) is 1.82. The fraction of sp³-hybridized carbons (Fsp3) is 0.714. The number of sulfone groups is 1. The normalized spacial score (nSPS) is 11.8. The largest absolute Gasteiger partial charge is 0.344 e. The molecule has 82 valence electrons. The van der Waals surface area contributed by atoms with Crippen molar-refractivity contribution in [1.29, 1.82) is 0 Å². The van der Waals surface area contributed by atoms with Gasteiger partial charge < -0.3 is 0 Å². The Labute approximate surface area is 89.0 Å². The highest BCUT2D eigenvalue weighted by atomic mass is 32.2. The lowest BCUT2D eigenvalue weighted by molar-refractivity contribution is 0.558. The van der Waals surface area contributed by atoms with Crippen LogP contribution in [0.5, 0.6) is 0 Å². The van der Waals surface area contributed by atoms with Crippen LogP contribution in [0.2, 0.25) is 6.32 Å². The van der Waals surface area contributed by atoms with E-state index in [1.807, 2.05) is 0 Å². The van der Waals surface area contributed by atoms with Crippen LogP contribution in [-0.4, -0.2) is 36.8 Å². The molecule has 0 aliphatic rings. The number of aryl methyl sites for hydroxylation is 1. The van der Waals surface area contributed by atoms with Crippen molar-refractivity contribution in [2.75, 3.05) is 5.75 Å². The molecule has 0 bridgehead atoms.